The van der Waals surface area contributed by atoms with Gasteiger partial charge in [-0.3, -0.25) is 5.01 Å². The largest absolute Gasteiger partial charge is 0.361 e. The summed E-state index contributed by atoms with van der Waals surface area (Å²) in [5.41, 5.74) is 0. The molecule has 0 aromatic heterocycles. The quantitative estimate of drug-likeness (QED) is 0.348. The Hall–Kier alpha value is -0.350. The summed E-state index contributed by atoms with van der Waals surface area (Å²) in [5.74, 6) is 5.95. The van der Waals surface area contributed by atoms with Gasteiger partial charge < -0.3 is 5.32 Å². The fourth-order valence-electron chi connectivity index (χ4n) is 0.416. The summed E-state index contributed by atoms with van der Waals surface area (Å²) in [7, 11) is 1.72. The Labute approximate surface area is 67.5 Å². The van der Waals surface area contributed by atoms with Crippen LogP contribution in [-0.4, -0.2) is 23.7 Å². The molecule has 0 fully saturated rings. The first-order valence-electron chi connectivity index (χ1n) is 3.30. The van der Waals surface area contributed by atoms with Crippen LogP contribution in [0.4, 0.5) is 0 Å². The second kappa shape index (κ2) is 4.46. The van der Waals surface area contributed by atoms with Gasteiger partial charge in [-0.2, -0.15) is 0 Å². The highest BCUT2D eigenvalue weighted by molar-refractivity contribution is 7.80. The molecule has 0 saturated heterocycles. The zero-order valence-corrected chi connectivity index (χ0v) is 7.53. The van der Waals surface area contributed by atoms with E-state index in [1.54, 1.807) is 7.05 Å². The molecule has 0 spiro atoms. The predicted molar refractivity (Wildman–Crippen MR) is 47.4 cm³/mol. The highest BCUT2D eigenvalue weighted by Crippen LogP contribution is 1.87. The maximum absolute atomic E-state index is 5.35. The lowest BCUT2D eigenvalue weighted by Gasteiger charge is -2.15. The Kier molecular flexibility index (Phi) is 4.31. The number of hydrogen-bond donors (Lipinski definition) is 2. The molecule has 0 aliphatic carbocycles. The van der Waals surface area contributed by atoms with Crippen LogP contribution < -0.4 is 11.2 Å². The van der Waals surface area contributed by atoms with E-state index in [0.717, 1.165) is 6.54 Å². The van der Waals surface area contributed by atoms with Crippen LogP contribution in [0, 0.1) is 5.92 Å². The molecule has 10 heavy (non-hydrogen) atoms. The van der Waals surface area contributed by atoms with Gasteiger partial charge in [0, 0.05) is 13.6 Å². The summed E-state index contributed by atoms with van der Waals surface area (Å²) < 4.78 is 0. The van der Waals surface area contributed by atoms with E-state index in [1.165, 1.54) is 5.01 Å². The topological polar surface area (TPSA) is 41.3 Å². The molecule has 0 heterocycles. The molecule has 0 aliphatic rings. The van der Waals surface area contributed by atoms with Crippen molar-refractivity contribution in [3.63, 3.8) is 0 Å². The van der Waals surface area contributed by atoms with E-state index in [2.05, 4.69) is 19.2 Å². The molecular weight excluding hydrogens is 146 g/mol. The van der Waals surface area contributed by atoms with Gasteiger partial charge in [-0.1, -0.05) is 13.8 Å². The highest BCUT2D eigenvalue weighted by atomic mass is 32.1. The minimum absolute atomic E-state index is 0.591. The average molecular weight is 161 g/mol. The van der Waals surface area contributed by atoms with Crippen LogP contribution in [0.15, 0.2) is 0 Å². The van der Waals surface area contributed by atoms with Crippen molar-refractivity contribution in [2.45, 2.75) is 13.8 Å². The fourth-order valence-corrected chi connectivity index (χ4v) is 0.499. The summed E-state index contributed by atoms with van der Waals surface area (Å²) in [5, 5.41) is 5.01. The summed E-state index contributed by atoms with van der Waals surface area (Å²) in [6.07, 6.45) is 0. The van der Waals surface area contributed by atoms with E-state index >= 15 is 0 Å². The van der Waals surface area contributed by atoms with Gasteiger partial charge in [-0.25, -0.2) is 5.84 Å². The smallest absolute Gasteiger partial charge is 0.183 e. The number of nitrogens with zero attached hydrogens (tertiary/aromatic N) is 1. The van der Waals surface area contributed by atoms with E-state index in [4.69, 9.17) is 18.1 Å². The third kappa shape index (κ3) is 4.52. The van der Waals surface area contributed by atoms with Gasteiger partial charge in [0.05, 0.1) is 0 Å². The van der Waals surface area contributed by atoms with Crippen molar-refractivity contribution in [3.05, 3.63) is 0 Å². The number of nitrogens with one attached hydrogen (secondary N) is 1. The van der Waals surface area contributed by atoms with Crippen molar-refractivity contribution in [2.75, 3.05) is 13.6 Å². The average Bonchev–Trinajstić information content (AvgIpc) is 1.82. The maximum atomic E-state index is 5.35. The number of thiocarbonyl (C=S) groups is 1. The van der Waals surface area contributed by atoms with Crippen LogP contribution in [0.2, 0.25) is 0 Å². The molecule has 0 unspecified atom stereocenters. The van der Waals surface area contributed by atoms with Crippen LogP contribution in [0.5, 0.6) is 0 Å². The number of hydrazine groups is 1. The molecule has 3 N–H and O–H groups in total. The molecule has 0 radical (unpaired) electrons. The zero-order chi connectivity index (χ0) is 8.15. The molecule has 0 saturated carbocycles. The van der Waals surface area contributed by atoms with Crippen LogP contribution >= 0.6 is 12.2 Å². The molecule has 0 aromatic rings. The van der Waals surface area contributed by atoms with Crippen LogP contribution in [-0.2, 0) is 0 Å². The third-order valence-electron chi connectivity index (χ3n) is 0.982. The Morgan fingerprint density at radius 2 is 2.20 bits per heavy atom. The van der Waals surface area contributed by atoms with Gasteiger partial charge in [0.1, 0.15) is 0 Å². The Balaban J connectivity index is 3.40. The molecule has 4 heteroatoms. The first-order valence-corrected chi connectivity index (χ1v) is 3.71. The fraction of sp³-hybridized carbons (Fsp3) is 0.833. The highest BCUT2D eigenvalue weighted by Gasteiger charge is 1.98. The van der Waals surface area contributed by atoms with Crippen LogP contribution in [0.3, 0.4) is 0 Å². The lowest BCUT2D eigenvalue weighted by atomic mass is 10.2. The van der Waals surface area contributed by atoms with E-state index < -0.39 is 0 Å². The summed E-state index contributed by atoms with van der Waals surface area (Å²) in [6.45, 7) is 5.11. The SMILES string of the molecule is CC(C)CNC(=S)N(C)N. The lowest BCUT2D eigenvalue weighted by Crippen LogP contribution is -2.42. The minimum Gasteiger partial charge on any atom is -0.361 e. The second-order valence-corrected chi connectivity index (χ2v) is 3.08. The van der Waals surface area contributed by atoms with E-state index in [-0.39, 0.29) is 0 Å². The van der Waals surface area contributed by atoms with Crippen molar-refractivity contribution in [1.29, 1.82) is 0 Å². The van der Waals surface area contributed by atoms with Crippen molar-refractivity contribution in [3.8, 4) is 0 Å². The van der Waals surface area contributed by atoms with E-state index in [1.807, 2.05) is 0 Å². The van der Waals surface area contributed by atoms with Crippen molar-refractivity contribution in [2.24, 2.45) is 11.8 Å². The molecule has 0 bridgehead atoms. The monoisotopic (exact) mass is 161 g/mol. The van der Waals surface area contributed by atoms with Crippen molar-refractivity contribution in [1.82, 2.24) is 10.3 Å². The van der Waals surface area contributed by atoms with Gasteiger partial charge >= 0.3 is 0 Å². The number of rotatable bonds is 2. The first kappa shape index (κ1) is 9.65. The number of nitrogens with two attached hydrogens (primary N) is 1. The molecular formula is C6H15N3S. The molecule has 0 atom stereocenters. The van der Waals surface area contributed by atoms with E-state index in [0.29, 0.717) is 11.0 Å². The molecule has 3 nitrogen and oxygen atoms in total. The van der Waals surface area contributed by atoms with Crippen molar-refractivity contribution < 1.29 is 0 Å². The maximum Gasteiger partial charge on any atom is 0.183 e. The summed E-state index contributed by atoms with van der Waals surface area (Å²) in [6, 6.07) is 0. The summed E-state index contributed by atoms with van der Waals surface area (Å²) >= 11 is 4.89. The third-order valence-corrected chi connectivity index (χ3v) is 1.41. The van der Waals surface area contributed by atoms with Gasteiger partial charge in [-0.15, -0.1) is 0 Å². The van der Waals surface area contributed by atoms with Gasteiger partial charge in [-0.05, 0) is 18.1 Å². The molecule has 0 aliphatic heterocycles. The van der Waals surface area contributed by atoms with Gasteiger partial charge in [0.15, 0.2) is 5.11 Å². The Morgan fingerprint density at radius 1 is 1.70 bits per heavy atom. The van der Waals surface area contributed by atoms with Crippen LogP contribution in [0.1, 0.15) is 13.8 Å². The minimum atomic E-state index is 0.591. The van der Waals surface area contributed by atoms with E-state index in [9.17, 15) is 0 Å². The van der Waals surface area contributed by atoms with Gasteiger partial charge in [0.2, 0.25) is 0 Å². The normalized spacial score (nSPS) is 9.70. The number of hydrogen-bond acceptors (Lipinski definition) is 2. The Morgan fingerprint density at radius 3 is 2.50 bits per heavy atom. The molecule has 60 valence electrons. The van der Waals surface area contributed by atoms with Crippen molar-refractivity contribution >= 4 is 17.3 Å². The first-order chi connectivity index (χ1) is 4.54. The zero-order valence-electron chi connectivity index (χ0n) is 6.72. The van der Waals surface area contributed by atoms with Gasteiger partial charge in [0.25, 0.3) is 0 Å². The predicted octanol–water partition coefficient (Wildman–Crippen LogP) is 0.322. The standard InChI is InChI=1S/C6H15N3S/c1-5(2)4-8-6(10)9(3)7/h5H,4,7H2,1-3H3,(H,8,10). The second-order valence-electron chi connectivity index (χ2n) is 2.69. The molecule has 0 amide bonds. The summed E-state index contributed by atoms with van der Waals surface area (Å²) in [4.78, 5) is 0. The van der Waals surface area contributed by atoms with Crippen LogP contribution in [0.25, 0.3) is 0 Å². The molecule has 0 aromatic carbocycles. The lowest BCUT2D eigenvalue weighted by molar-refractivity contribution is 0.509. The molecule has 0 rings (SSSR count). The Bertz CT molecular complexity index is 112.